The van der Waals surface area contributed by atoms with Crippen molar-refractivity contribution in [1.29, 1.82) is 0 Å². The summed E-state index contributed by atoms with van der Waals surface area (Å²) in [6, 6.07) is 3.13. The van der Waals surface area contributed by atoms with Gasteiger partial charge in [-0.25, -0.2) is 5.43 Å². The zero-order valence-electron chi connectivity index (χ0n) is 11.0. The number of rotatable bonds is 6. The minimum atomic E-state index is 0.962. The number of nitrogens with zero attached hydrogens (tertiary/aromatic N) is 1. The number of unbranched alkanes of at least 4 members (excludes halogenated alkanes) is 6. The van der Waals surface area contributed by atoms with Crippen LogP contribution in [0.25, 0.3) is 0 Å². The molecule has 0 amide bonds. The molecule has 1 heterocycles. The van der Waals surface area contributed by atoms with E-state index in [1.807, 2.05) is 5.01 Å². The van der Waals surface area contributed by atoms with E-state index in [1.54, 1.807) is 0 Å². The second-order valence-corrected chi connectivity index (χ2v) is 4.48. The van der Waals surface area contributed by atoms with Crippen LogP contribution in [0.15, 0.2) is 0 Å². The van der Waals surface area contributed by atoms with Gasteiger partial charge < -0.3 is 0 Å². The molecule has 0 aromatic rings. The van der Waals surface area contributed by atoms with Crippen LogP contribution in [0, 0.1) is 12.0 Å². The summed E-state index contributed by atoms with van der Waals surface area (Å²) in [5.41, 5.74) is 8.93. The molecule has 0 saturated carbocycles. The first-order valence-electron chi connectivity index (χ1n) is 6.93. The van der Waals surface area contributed by atoms with Gasteiger partial charge in [-0.1, -0.05) is 44.9 Å². The third-order valence-corrected chi connectivity index (χ3v) is 2.83. The molecule has 98 valence electrons. The molecule has 0 radical (unpaired) electrons. The Labute approximate surface area is 105 Å². The zero-order valence-corrected chi connectivity index (χ0v) is 11.0. The van der Waals surface area contributed by atoms with Gasteiger partial charge in [0.1, 0.15) is 0 Å². The van der Waals surface area contributed by atoms with Crippen LogP contribution >= 0.6 is 0 Å². The highest BCUT2D eigenvalue weighted by atomic mass is 15.8. The number of hydrogen-bond acceptors (Lipinski definition) is 4. The highest BCUT2D eigenvalue weighted by Gasteiger charge is 2.01. The SMILES string of the molecule is CCCCCCCCC#CN1CCCNNN1. The van der Waals surface area contributed by atoms with Gasteiger partial charge in [-0.05, 0) is 12.8 Å². The van der Waals surface area contributed by atoms with Gasteiger partial charge in [0.15, 0.2) is 0 Å². The molecule has 1 saturated heterocycles. The molecule has 0 atom stereocenters. The number of hydrogen-bond donors (Lipinski definition) is 3. The first-order valence-corrected chi connectivity index (χ1v) is 6.93. The van der Waals surface area contributed by atoms with E-state index in [4.69, 9.17) is 0 Å². The van der Waals surface area contributed by atoms with Crippen molar-refractivity contribution in [3.05, 3.63) is 0 Å². The fourth-order valence-corrected chi connectivity index (χ4v) is 1.78. The summed E-state index contributed by atoms with van der Waals surface area (Å²) in [6.45, 7) is 4.19. The minimum absolute atomic E-state index is 0.962. The van der Waals surface area contributed by atoms with Crippen LogP contribution in [0.5, 0.6) is 0 Å². The summed E-state index contributed by atoms with van der Waals surface area (Å²) >= 11 is 0. The third kappa shape index (κ3) is 8.03. The average molecular weight is 238 g/mol. The summed E-state index contributed by atoms with van der Waals surface area (Å²) < 4.78 is 0. The van der Waals surface area contributed by atoms with Crippen molar-refractivity contribution >= 4 is 0 Å². The van der Waals surface area contributed by atoms with Crippen molar-refractivity contribution in [2.24, 2.45) is 0 Å². The smallest absolute Gasteiger partial charge is 0.0457 e. The quantitative estimate of drug-likeness (QED) is 0.488. The molecule has 0 aromatic heterocycles. The molecule has 0 aromatic carbocycles. The van der Waals surface area contributed by atoms with E-state index in [1.165, 1.54) is 38.5 Å². The molecule has 1 rings (SSSR count). The molecule has 0 aliphatic carbocycles. The zero-order chi connectivity index (χ0) is 12.2. The van der Waals surface area contributed by atoms with Gasteiger partial charge in [0.05, 0.1) is 0 Å². The van der Waals surface area contributed by atoms with Crippen molar-refractivity contribution < 1.29 is 0 Å². The van der Waals surface area contributed by atoms with Gasteiger partial charge in [0.2, 0.25) is 0 Å². The predicted octanol–water partition coefficient (Wildman–Crippen LogP) is 1.92. The summed E-state index contributed by atoms with van der Waals surface area (Å²) in [5.74, 6) is 3.22. The monoisotopic (exact) mass is 238 g/mol. The van der Waals surface area contributed by atoms with Crippen LogP contribution < -0.4 is 16.5 Å². The van der Waals surface area contributed by atoms with E-state index in [0.29, 0.717) is 0 Å². The van der Waals surface area contributed by atoms with E-state index in [-0.39, 0.29) is 0 Å². The Kier molecular flexibility index (Phi) is 8.75. The van der Waals surface area contributed by atoms with Gasteiger partial charge in [0.25, 0.3) is 0 Å². The fourth-order valence-electron chi connectivity index (χ4n) is 1.78. The Hall–Kier alpha value is -0.760. The van der Waals surface area contributed by atoms with Crippen molar-refractivity contribution in [3.63, 3.8) is 0 Å². The van der Waals surface area contributed by atoms with Crippen molar-refractivity contribution in [2.75, 3.05) is 13.1 Å². The van der Waals surface area contributed by atoms with Gasteiger partial charge in [0, 0.05) is 25.6 Å². The van der Waals surface area contributed by atoms with Gasteiger partial charge in [-0.15, -0.1) is 5.53 Å². The van der Waals surface area contributed by atoms with Crippen molar-refractivity contribution in [2.45, 2.75) is 58.3 Å². The maximum Gasteiger partial charge on any atom is 0.0457 e. The minimum Gasteiger partial charge on any atom is -0.252 e. The molecule has 3 N–H and O–H groups in total. The predicted molar refractivity (Wildman–Crippen MR) is 71.4 cm³/mol. The lowest BCUT2D eigenvalue weighted by Crippen LogP contribution is -2.48. The standard InChI is InChI=1S/C13H26N4/c1-2-3-4-5-6-7-8-9-12-17-13-10-11-14-15-16-17/h14-16H,2-8,10-11,13H2,1H3. The first kappa shape index (κ1) is 14.3. The second-order valence-electron chi connectivity index (χ2n) is 4.48. The summed E-state index contributed by atoms with van der Waals surface area (Å²) in [7, 11) is 0. The maximum absolute atomic E-state index is 3.22. The lowest BCUT2D eigenvalue weighted by Gasteiger charge is -2.13. The van der Waals surface area contributed by atoms with Crippen molar-refractivity contribution in [3.8, 4) is 12.0 Å². The molecule has 0 spiro atoms. The van der Waals surface area contributed by atoms with E-state index < -0.39 is 0 Å². The van der Waals surface area contributed by atoms with Gasteiger partial charge in [-0.2, -0.15) is 5.53 Å². The Morgan fingerprint density at radius 1 is 1.12 bits per heavy atom. The van der Waals surface area contributed by atoms with Crippen LogP contribution in [-0.4, -0.2) is 18.1 Å². The molecule has 1 aliphatic heterocycles. The average Bonchev–Trinajstić information content (AvgIpc) is 2.61. The Morgan fingerprint density at radius 3 is 2.82 bits per heavy atom. The molecule has 1 fully saturated rings. The van der Waals surface area contributed by atoms with Crippen LogP contribution in [-0.2, 0) is 0 Å². The normalized spacial score (nSPS) is 16.2. The van der Waals surface area contributed by atoms with E-state index in [9.17, 15) is 0 Å². The Bertz CT molecular complexity index is 223. The molecular formula is C13H26N4. The number of hydrazine groups is 3. The van der Waals surface area contributed by atoms with Gasteiger partial charge >= 0.3 is 0 Å². The molecule has 17 heavy (non-hydrogen) atoms. The molecule has 4 nitrogen and oxygen atoms in total. The second kappa shape index (κ2) is 10.4. The fraction of sp³-hybridized carbons (Fsp3) is 0.846. The van der Waals surface area contributed by atoms with E-state index in [2.05, 4.69) is 35.4 Å². The Morgan fingerprint density at radius 2 is 1.94 bits per heavy atom. The summed E-state index contributed by atoms with van der Waals surface area (Å²) in [5, 5.41) is 1.91. The van der Waals surface area contributed by atoms with E-state index >= 15 is 0 Å². The lowest BCUT2D eigenvalue weighted by atomic mass is 10.1. The molecule has 4 heteroatoms. The van der Waals surface area contributed by atoms with E-state index in [0.717, 1.165) is 25.9 Å². The molecular weight excluding hydrogens is 212 g/mol. The highest BCUT2D eigenvalue weighted by Crippen LogP contribution is 2.06. The van der Waals surface area contributed by atoms with Crippen LogP contribution in [0.2, 0.25) is 0 Å². The molecule has 0 bridgehead atoms. The largest absolute Gasteiger partial charge is 0.252 e. The number of nitrogens with one attached hydrogen (secondary N) is 3. The summed E-state index contributed by atoms with van der Waals surface area (Å²) in [6.07, 6.45) is 10.1. The molecule has 0 unspecified atom stereocenters. The van der Waals surface area contributed by atoms with Crippen molar-refractivity contribution in [1.82, 2.24) is 21.5 Å². The van der Waals surface area contributed by atoms with Crippen LogP contribution in [0.1, 0.15) is 58.3 Å². The Balaban J connectivity index is 1.97. The summed E-state index contributed by atoms with van der Waals surface area (Å²) in [4.78, 5) is 0. The van der Waals surface area contributed by atoms with Crippen LogP contribution in [0.4, 0.5) is 0 Å². The highest BCUT2D eigenvalue weighted by molar-refractivity contribution is 4.97. The van der Waals surface area contributed by atoms with Crippen LogP contribution in [0.3, 0.4) is 0 Å². The topological polar surface area (TPSA) is 39.3 Å². The lowest BCUT2D eigenvalue weighted by molar-refractivity contribution is 0.246. The third-order valence-electron chi connectivity index (χ3n) is 2.83. The maximum atomic E-state index is 3.22. The molecule has 1 aliphatic rings. The van der Waals surface area contributed by atoms with Gasteiger partial charge in [-0.3, -0.25) is 5.01 Å². The first-order chi connectivity index (χ1) is 8.43.